The highest BCUT2D eigenvalue weighted by Crippen LogP contribution is 2.25. The fraction of sp³-hybridized carbons (Fsp3) is 0.222. The van der Waals surface area contributed by atoms with E-state index >= 15 is 0 Å². The van der Waals surface area contributed by atoms with Crippen LogP contribution in [0.1, 0.15) is 19.5 Å². The maximum atomic E-state index is 12.0. The number of carbonyl (C=O) groups excluding carboxylic acids is 1. The summed E-state index contributed by atoms with van der Waals surface area (Å²) < 4.78 is 0. The Hall–Kier alpha value is -1.56. The van der Waals surface area contributed by atoms with Crippen LogP contribution >= 0.6 is 34.7 Å². The van der Waals surface area contributed by atoms with E-state index in [9.17, 15) is 4.79 Å². The third-order valence-corrected chi connectivity index (χ3v) is 5.14. The number of carbonyl (C=O) groups is 1. The first-order valence-corrected chi connectivity index (χ1v) is 9.88. The minimum absolute atomic E-state index is 0.0633. The smallest absolute Gasteiger partial charge is 0.234 e. The van der Waals surface area contributed by atoms with Gasteiger partial charge in [-0.15, -0.1) is 23.1 Å². The molecule has 6 heteroatoms. The van der Waals surface area contributed by atoms with Gasteiger partial charge in [0.05, 0.1) is 17.1 Å². The van der Waals surface area contributed by atoms with Crippen molar-refractivity contribution in [3.63, 3.8) is 0 Å². The molecule has 1 aromatic heterocycles. The molecule has 0 radical (unpaired) electrons. The van der Waals surface area contributed by atoms with Gasteiger partial charge in [-0.1, -0.05) is 48.0 Å². The van der Waals surface area contributed by atoms with E-state index in [-0.39, 0.29) is 5.91 Å². The van der Waals surface area contributed by atoms with Crippen LogP contribution in [-0.2, 0) is 10.5 Å². The van der Waals surface area contributed by atoms with E-state index in [1.807, 2.05) is 48.7 Å². The van der Waals surface area contributed by atoms with E-state index in [2.05, 4.69) is 10.3 Å². The average molecular weight is 379 g/mol. The highest BCUT2D eigenvalue weighted by molar-refractivity contribution is 7.99. The van der Waals surface area contributed by atoms with Gasteiger partial charge in [0.25, 0.3) is 0 Å². The molecule has 0 saturated carbocycles. The second-order valence-corrected chi connectivity index (χ2v) is 7.41. The second-order valence-electron chi connectivity index (χ2n) is 5.00. The molecule has 1 aromatic carbocycles. The van der Waals surface area contributed by atoms with Crippen LogP contribution in [-0.4, -0.2) is 16.6 Å². The summed E-state index contributed by atoms with van der Waals surface area (Å²) >= 11 is 9.12. The summed E-state index contributed by atoms with van der Waals surface area (Å²) in [4.78, 5) is 16.6. The number of nitrogens with one attached hydrogen (secondary N) is 1. The molecule has 24 heavy (non-hydrogen) atoms. The highest BCUT2D eigenvalue weighted by atomic mass is 35.5. The fourth-order valence-corrected chi connectivity index (χ4v) is 3.69. The van der Waals surface area contributed by atoms with Crippen molar-refractivity contribution in [2.24, 2.45) is 0 Å². The molecular formula is C18H19ClN2OS2. The SMILES string of the molecule is C/C=C\C(NC(=O)CSCc1csc(-c2ccccc2)n1)=C(/C)Cl. The van der Waals surface area contributed by atoms with E-state index in [0.29, 0.717) is 22.2 Å². The van der Waals surface area contributed by atoms with Crippen LogP contribution in [0, 0.1) is 0 Å². The topological polar surface area (TPSA) is 42.0 Å². The van der Waals surface area contributed by atoms with Gasteiger partial charge in [-0.3, -0.25) is 4.79 Å². The first kappa shape index (κ1) is 18.8. The molecule has 0 bridgehead atoms. The number of nitrogens with zero attached hydrogens (tertiary/aromatic N) is 1. The van der Waals surface area contributed by atoms with E-state index in [1.165, 1.54) is 11.8 Å². The van der Waals surface area contributed by atoms with Gasteiger partial charge >= 0.3 is 0 Å². The molecule has 1 amide bonds. The third-order valence-electron chi connectivity index (χ3n) is 3.03. The van der Waals surface area contributed by atoms with Crippen molar-refractivity contribution in [3.8, 4) is 10.6 Å². The lowest BCUT2D eigenvalue weighted by atomic mass is 10.2. The predicted octanol–water partition coefficient (Wildman–Crippen LogP) is 5.21. The lowest BCUT2D eigenvalue weighted by Crippen LogP contribution is -2.24. The van der Waals surface area contributed by atoms with Gasteiger partial charge in [0.1, 0.15) is 5.01 Å². The zero-order valence-corrected chi connectivity index (χ0v) is 16.0. The van der Waals surface area contributed by atoms with Crippen LogP contribution in [0.25, 0.3) is 10.6 Å². The molecule has 0 atom stereocenters. The standard InChI is InChI=1S/C18H19ClN2OS2/c1-3-7-16(13(2)19)21-17(22)12-23-10-15-11-24-18(20-15)14-8-5-4-6-9-14/h3-9,11H,10,12H2,1-2H3,(H,21,22)/b7-3-,16-13-. The van der Waals surface area contributed by atoms with E-state index < -0.39 is 0 Å². The van der Waals surface area contributed by atoms with Crippen molar-refractivity contribution in [2.75, 3.05) is 5.75 Å². The molecule has 2 rings (SSSR count). The number of amides is 1. The van der Waals surface area contributed by atoms with Gasteiger partial charge in [-0.25, -0.2) is 4.98 Å². The Bertz CT molecular complexity index is 734. The minimum atomic E-state index is -0.0633. The van der Waals surface area contributed by atoms with Gasteiger partial charge in [0.2, 0.25) is 5.91 Å². The summed E-state index contributed by atoms with van der Waals surface area (Å²) in [7, 11) is 0. The molecule has 0 aliphatic heterocycles. The summed E-state index contributed by atoms with van der Waals surface area (Å²) in [5, 5.41) is 6.44. The first-order valence-electron chi connectivity index (χ1n) is 7.46. The van der Waals surface area contributed by atoms with Crippen molar-refractivity contribution in [1.82, 2.24) is 10.3 Å². The number of hydrogen-bond donors (Lipinski definition) is 1. The molecule has 0 aliphatic rings. The predicted molar refractivity (Wildman–Crippen MR) is 105 cm³/mol. The van der Waals surface area contributed by atoms with E-state index in [4.69, 9.17) is 11.6 Å². The first-order chi connectivity index (χ1) is 11.6. The van der Waals surface area contributed by atoms with Crippen molar-refractivity contribution in [2.45, 2.75) is 19.6 Å². The molecule has 0 unspecified atom stereocenters. The zero-order valence-electron chi connectivity index (χ0n) is 13.6. The maximum Gasteiger partial charge on any atom is 0.234 e. The zero-order chi connectivity index (χ0) is 17.4. The molecule has 1 N–H and O–H groups in total. The minimum Gasteiger partial charge on any atom is -0.324 e. The summed E-state index contributed by atoms with van der Waals surface area (Å²) in [6.07, 6.45) is 3.63. The van der Waals surface area contributed by atoms with Crippen LogP contribution < -0.4 is 5.32 Å². The van der Waals surface area contributed by atoms with Gasteiger partial charge in [0, 0.05) is 21.7 Å². The van der Waals surface area contributed by atoms with Crippen molar-refractivity contribution in [3.05, 3.63) is 64.3 Å². The van der Waals surface area contributed by atoms with Crippen LogP contribution in [0.4, 0.5) is 0 Å². The van der Waals surface area contributed by atoms with Gasteiger partial charge in [0.15, 0.2) is 0 Å². The van der Waals surface area contributed by atoms with Crippen molar-refractivity contribution >= 4 is 40.6 Å². The molecular weight excluding hydrogens is 360 g/mol. The monoisotopic (exact) mass is 378 g/mol. The quantitative estimate of drug-likeness (QED) is 0.673. The Morgan fingerprint density at radius 2 is 2.12 bits per heavy atom. The van der Waals surface area contributed by atoms with E-state index in [1.54, 1.807) is 24.3 Å². The molecule has 126 valence electrons. The van der Waals surface area contributed by atoms with Crippen LogP contribution in [0.2, 0.25) is 0 Å². The van der Waals surface area contributed by atoms with E-state index in [0.717, 1.165) is 16.3 Å². The van der Waals surface area contributed by atoms with Gasteiger partial charge in [-0.05, 0) is 19.9 Å². The number of allylic oxidation sites excluding steroid dienone is 3. The molecule has 0 aliphatic carbocycles. The number of benzene rings is 1. The van der Waals surface area contributed by atoms with Crippen LogP contribution in [0.5, 0.6) is 0 Å². The number of aromatic nitrogens is 1. The largest absolute Gasteiger partial charge is 0.324 e. The summed E-state index contributed by atoms with van der Waals surface area (Å²) in [6, 6.07) is 10.1. The summed E-state index contributed by atoms with van der Waals surface area (Å²) in [5.74, 6) is 1.01. The van der Waals surface area contributed by atoms with Crippen LogP contribution in [0.3, 0.4) is 0 Å². The number of thioether (sulfide) groups is 1. The Balaban J connectivity index is 1.83. The second kappa shape index (κ2) is 9.67. The molecule has 0 saturated heterocycles. The van der Waals surface area contributed by atoms with Gasteiger partial charge in [-0.2, -0.15) is 0 Å². The lowest BCUT2D eigenvalue weighted by Gasteiger charge is -2.06. The maximum absolute atomic E-state index is 12.0. The van der Waals surface area contributed by atoms with Crippen LogP contribution in [0.15, 0.2) is 58.6 Å². The number of hydrogen-bond acceptors (Lipinski definition) is 4. The molecule has 0 fully saturated rings. The molecule has 0 spiro atoms. The third kappa shape index (κ3) is 5.82. The number of rotatable bonds is 7. The summed E-state index contributed by atoms with van der Waals surface area (Å²) in [6.45, 7) is 3.64. The van der Waals surface area contributed by atoms with Gasteiger partial charge < -0.3 is 5.32 Å². The number of halogens is 1. The Kier molecular flexibility index (Phi) is 7.56. The Labute approximate surface area is 155 Å². The Morgan fingerprint density at radius 3 is 2.79 bits per heavy atom. The lowest BCUT2D eigenvalue weighted by molar-refractivity contribution is -0.117. The molecule has 2 aromatic rings. The molecule has 3 nitrogen and oxygen atoms in total. The highest BCUT2D eigenvalue weighted by Gasteiger charge is 2.08. The van der Waals surface area contributed by atoms with Crippen molar-refractivity contribution < 1.29 is 4.79 Å². The van der Waals surface area contributed by atoms with Crippen molar-refractivity contribution in [1.29, 1.82) is 0 Å². The number of thiazole rings is 1. The normalized spacial score (nSPS) is 12.3. The molecule has 1 heterocycles. The Morgan fingerprint density at radius 1 is 1.38 bits per heavy atom. The fourth-order valence-electron chi connectivity index (χ4n) is 1.93. The summed E-state index contributed by atoms with van der Waals surface area (Å²) in [5.41, 5.74) is 2.76. The average Bonchev–Trinajstić information content (AvgIpc) is 3.04.